The molecule has 1 amide bonds. The van der Waals surface area contributed by atoms with Gasteiger partial charge < -0.3 is 10.1 Å². The van der Waals surface area contributed by atoms with Gasteiger partial charge in [-0.05, 0) is 0 Å². The molecule has 0 saturated heterocycles. The second kappa shape index (κ2) is 10.1. The number of nitrogens with zero attached hydrogens (tertiary/aromatic N) is 2. The monoisotopic (exact) mass is 225 g/mol. The molecule has 0 aliphatic heterocycles. The van der Waals surface area contributed by atoms with Crippen LogP contribution in [0, 0.1) is 11.3 Å². The lowest BCUT2D eigenvalue weighted by atomic mass is 10.3. The van der Waals surface area contributed by atoms with Gasteiger partial charge in [0.25, 0.3) is 0 Å². The molecule has 0 aliphatic carbocycles. The van der Waals surface area contributed by atoms with Crippen LogP contribution in [0.1, 0.15) is 6.42 Å². The average Bonchev–Trinajstić information content (AvgIpc) is 2.30. The molecular weight excluding hydrogens is 206 g/mol. The predicted molar refractivity (Wildman–Crippen MR) is 61.8 cm³/mol. The summed E-state index contributed by atoms with van der Waals surface area (Å²) in [6.07, 6.45) is 2.05. The number of carbonyl (C=O) groups is 1. The molecular formula is C11H19N3O2. The Morgan fingerprint density at radius 3 is 2.94 bits per heavy atom. The predicted octanol–water partition coefficient (Wildman–Crippen LogP) is 0.151. The fourth-order valence-electron chi connectivity index (χ4n) is 1.14. The maximum Gasteiger partial charge on any atom is 0.234 e. The highest BCUT2D eigenvalue weighted by atomic mass is 16.5. The molecule has 0 aliphatic rings. The van der Waals surface area contributed by atoms with Gasteiger partial charge in [-0.25, -0.2) is 0 Å². The summed E-state index contributed by atoms with van der Waals surface area (Å²) in [6, 6.07) is 2.06. The fourth-order valence-corrected chi connectivity index (χ4v) is 1.14. The summed E-state index contributed by atoms with van der Waals surface area (Å²) in [5, 5.41) is 11.2. The van der Waals surface area contributed by atoms with E-state index in [0.29, 0.717) is 39.2 Å². The van der Waals surface area contributed by atoms with E-state index in [1.54, 1.807) is 13.2 Å². The number of amides is 1. The number of nitriles is 1. The first-order valence-electron chi connectivity index (χ1n) is 5.20. The van der Waals surface area contributed by atoms with Crippen LogP contribution in [0.4, 0.5) is 0 Å². The van der Waals surface area contributed by atoms with Crippen molar-refractivity contribution in [1.29, 1.82) is 5.26 Å². The highest BCUT2D eigenvalue weighted by molar-refractivity contribution is 5.78. The Labute approximate surface area is 96.7 Å². The van der Waals surface area contributed by atoms with E-state index in [2.05, 4.69) is 18.0 Å². The molecule has 0 atom stereocenters. The van der Waals surface area contributed by atoms with Gasteiger partial charge in [0.15, 0.2) is 0 Å². The largest absolute Gasteiger partial charge is 0.383 e. The van der Waals surface area contributed by atoms with Crippen molar-refractivity contribution in [2.24, 2.45) is 0 Å². The summed E-state index contributed by atoms with van der Waals surface area (Å²) < 4.78 is 4.94. The van der Waals surface area contributed by atoms with E-state index >= 15 is 0 Å². The van der Waals surface area contributed by atoms with E-state index in [9.17, 15) is 4.79 Å². The van der Waals surface area contributed by atoms with Gasteiger partial charge in [0.1, 0.15) is 0 Å². The highest BCUT2D eigenvalue weighted by Gasteiger charge is 2.09. The SMILES string of the molecule is C=CCNC(=O)CN(CCC#N)CCOC. The third kappa shape index (κ3) is 7.97. The second-order valence-corrected chi connectivity index (χ2v) is 3.27. The van der Waals surface area contributed by atoms with Crippen LogP contribution in [0.5, 0.6) is 0 Å². The molecule has 0 heterocycles. The molecule has 16 heavy (non-hydrogen) atoms. The first kappa shape index (κ1) is 14.6. The second-order valence-electron chi connectivity index (χ2n) is 3.27. The van der Waals surface area contributed by atoms with Gasteiger partial charge in [-0.1, -0.05) is 6.08 Å². The Morgan fingerprint density at radius 1 is 1.62 bits per heavy atom. The molecule has 90 valence electrons. The van der Waals surface area contributed by atoms with Crippen molar-refractivity contribution in [3.05, 3.63) is 12.7 Å². The van der Waals surface area contributed by atoms with Gasteiger partial charge in [-0.15, -0.1) is 6.58 Å². The molecule has 0 aromatic heterocycles. The van der Waals surface area contributed by atoms with E-state index in [-0.39, 0.29) is 5.91 Å². The maximum absolute atomic E-state index is 11.4. The Kier molecular flexibility index (Phi) is 9.27. The summed E-state index contributed by atoms with van der Waals surface area (Å²) in [5.41, 5.74) is 0. The molecule has 0 spiro atoms. The minimum absolute atomic E-state index is 0.0612. The zero-order chi connectivity index (χ0) is 12.2. The quantitative estimate of drug-likeness (QED) is 0.567. The van der Waals surface area contributed by atoms with E-state index in [0.717, 1.165) is 0 Å². The molecule has 0 bridgehead atoms. The third-order valence-electron chi connectivity index (χ3n) is 1.96. The van der Waals surface area contributed by atoms with Crippen molar-refractivity contribution in [2.75, 3.05) is 39.9 Å². The van der Waals surface area contributed by atoms with Crippen molar-refractivity contribution >= 4 is 5.91 Å². The topological polar surface area (TPSA) is 65.4 Å². The van der Waals surface area contributed by atoms with Crippen LogP contribution in [0.25, 0.3) is 0 Å². The molecule has 0 aromatic carbocycles. The van der Waals surface area contributed by atoms with Crippen molar-refractivity contribution in [1.82, 2.24) is 10.2 Å². The van der Waals surface area contributed by atoms with E-state index in [1.165, 1.54) is 0 Å². The maximum atomic E-state index is 11.4. The number of rotatable bonds is 9. The van der Waals surface area contributed by atoms with Crippen LogP contribution in [0.2, 0.25) is 0 Å². The van der Waals surface area contributed by atoms with E-state index < -0.39 is 0 Å². The van der Waals surface area contributed by atoms with Gasteiger partial charge in [0.2, 0.25) is 5.91 Å². The summed E-state index contributed by atoms with van der Waals surface area (Å²) in [7, 11) is 1.61. The third-order valence-corrected chi connectivity index (χ3v) is 1.96. The molecule has 0 rings (SSSR count). The Bertz CT molecular complexity index is 248. The number of nitrogens with one attached hydrogen (secondary N) is 1. The smallest absolute Gasteiger partial charge is 0.234 e. The highest BCUT2D eigenvalue weighted by Crippen LogP contribution is 1.91. The van der Waals surface area contributed by atoms with Gasteiger partial charge in [-0.2, -0.15) is 5.26 Å². The number of hydrogen-bond donors (Lipinski definition) is 1. The minimum atomic E-state index is -0.0612. The summed E-state index contributed by atoms with van der Waals surface area (Å²) in [6.45, 7) is 6.07. The van der Waals surface area contributed by atoms with Crippen molar-refractivity contribution in [2.45, 2.75) is 6.42 Å². The standard InChI is InChI=1S/C11H19N3O2/c1-3-6-13-11(15)10-14(7-4-5-12)8-9-16-2/h3H,1,4,6-10H2,2H3,(H,13,15). The van der Waals surface area contributed by atoms with E-state index in [1.807, 2.05) is 4.90 Å². The normalized spacial score (nSPS) is 9.81. The zero-order valence-electron chi connectivity index (χ0n) is 9.74. The van der Waals surface area contributed by atoms with Gasteiger partial charge in [0.05, 0.1) is 19.2 Å². The lowest BCUT2D eigenvalue weighted by molar-refractivity contribution is -0.122. The van der Waals surface area contributed by atoms with Crippen LogP contribution in [0.3, 0.4) is 0 Å². The molecule has 0 aromatic rings. The van der Waals surface area contributed by atoms with Crippen LogP contribution >= 0.6 is 0 Å². The first-order valence-corrected chi connectivity index (χ1v) is 5.20. The zero-order valence-corrected chi connectivity index (χ0v) is 9.74. The molecule has 0 radical (unpaired) electrons. The Balaban J connectivity index is 3.92. The number of methoxy groups -OCH3 is 1. The van der Waals surface area contributed by atoms with Crippen LogP contribution in [0.15, 0.2) is 12.7 Å². The lowest BCUT2D eigenvalue weighted by Gasteiger charge is -2.19. The fraction of sp³-hybridized carbons (Fsp3) is 0.636. The summed E-state index contributed by atoms with van der Waals surface area (Å²) in [5.74, 6) is -0.0612. The lowest BCUT2D eigenvalue weighted by Crippen LogP contribution is -2.39. The van der Waals surface area contributed by atoms with Crippen LogP contribution < -0.4 is 5.32 Å². The van der Waals surface area contributed by atoms with Crippen LogP contribution in [-0.2, 0) is 9.53 Å². The molecule has 1 N–H and O–H groups in total. The van der Waals surface area contributed by atoms with Crippen molar-refractivity contribution in [3.63, 3.8) is 0 Å². The number of hydrogen-bond acceptors (Lipinski definition) is 4. The Morgan fingerprint density at radius 2 is 2.38 bits per heavy atom. The van der Waals surface area contributed by atoms with Gasteiger partial charge >= 0.3 is 0 Å². The average molecular weight is 225 g/mol. The van der Waals surface area contributed by atoms with Crippen molar-refractivity contribution in [3.8, 4) is 6.07 Å². The van der Waals surface area contributed by atoms with Gasteiger partial charge in [0, 0.05) is 33.2 Å². The number of carbonyl (C=O) groups excluding carboxylic acids is 1. The molecule has 5 heteroatoms. The minimum Gasteiger partial charge on any atom is -0.383 e. The molecule has 0 unspecified atom stereocenters. The van der Waals surface area contributed by atoms with Crippen molar-refractivity contribution < 1.29 is 9.53 Å². The molecule has 0 fully saturated rings. The Hall–Kier alpha value is -1.38. The summed E-state index contributed by atoms with van der Waals surface area (Å²) in [4.78, 5) is 13.3. The number of ether oxygens (including phenoxy) is 1. The summed E-state index contributed by atoms with van der Waals surface area (Å²) >= 11 is 0. The first-order chi connectivity index (χ1) is 7.74. The molecule has 5 nitrogen and oxygen atoms in total. The van der Waals surface area contributed by atoms with Crippen LogP contribution in [-0.4, -0.2) is 50.7 Å². The van der Waals surface area contributed by atoms with E-state index in [4.69, 9.17) is 10.00 Å². The van der Waals surface area contributed by atoms with Gasteiger partial charge in [-0.3, -0.25) is 9.69 Å². The molecule has 0 saturated carbocycles.